The lowest BCUT2D eigenvalue weighted by Crippen LogP contribution is -2.37. The molecule has 17 heavy (non-hydrogen) atoms. The summed E-state index contributed by atoms with van der Waals surface area (Å²) < 4.78 is 10.2. The zero-order valence-corrected chi connectivity index (χ0v) is 9.56. The Kier molecular flexibility index (Phi) is 4.29. The standard InChI is InChI=1S/C10H14N4O3/c1-16-7-4-3-6(5-8(7)17-2)9(13-11)10(15)14-12/h3-5H,11-12H2,1-2H3,(H,14,15)/b13-9+. The van der Waals surface area contributed by atoms with Gasteiger partial charge in [0.15, 0.2) is 17.2 Å². The first-order chi connectivity index (χ1) is 8.17. The van der Waals surface area contributed by atoms with Crippen LogP contribution in [0.4, 0.5) is 0 Å². The molecule has 0 aromatic heterocycles. The molecule has 7 heteroatoms. The molecule has 0 aliphatic heterocycles. The Morgan fingerprint density at radius 2 is 1.94 bits per heavy atom. The van der Waals surface area contributed by atoms with Crippen LogP contribution in [0.25, 0.3) is 0 Å². The van der Waals surface area contributed by atoms with E-state index in [1.165, 1.54) is 14.2 Å². The highest BCUT2D eigenvalue weighted by molar-refractivity contribution is 6.45. The van der Waals surface area contributed by atoms with Crippen LogP contribution >= 0.6 is 0 Å². The van der Waals surface area contributed by atoms with Crippen LogP contribution in [-0.2, 0) is 4.79 Å². The van der Waals surface area contributed by atoms with Crippen molar-refractivity contribution in [3.05, 3.63) is 23.8 Å². The number of nitrogens with two attached hydrogens (primary N) is 2. The van der Waals surface area contributed by atoms with E-state index < -0.39 is 5.91 Å². The van der Waals surface area contributed by atoms with Gasteiger partial charge in [0.25, 0.3) is 5.91 Å². The lowest BCUT2D eigenvalue weighted by atomic mass is 10.1. The van der Waals surface area contributed by atoms with Crippen LogP contribution in [0.3, 0.4) is 0 Å². The minimum absolute atomic E-state index is 0.00783. The molecule has 0 radical (unpaired) electrons. The third-order valence-corrected chi connectivity index (χ3v) is 2.13. The topological polar surface area (TPSA) is 112 Å². The van der Waals surface area contributed by atoms with Crippen LogP contribution in [0.15, 0.2) is 23.3 Å². The van der Waals surface area contributed by atoms with Gasteiger partial charge in [-0.05, 0) is 18.2 Å². The second-order valence-corrected chi connectivity index (χ2v) is 3.02. The summed E-state index contributed by atoms with van der Waals surface area (Å²) in [6.45, 7) is 0. The number of carbonyl (C=O) groups excluding carboxylic acids is 1. The molecule has 0 fully saturated rings. The van der Waals surface area contributed by atoms with Gasteiger partial charge >= 0.3 is 0 Å². The molecular formula is C10H14N4O3. The maximum absolute atomic E-state index is 11.4. The van der Waals surface area contributed by atoms with Gasteiger partial charge in [0.2, 0.25) is 0 Å². The maximum Gasteiger partial charge on any atom is 0.286 e. The molecule has 0 saturated carbocycles. The molecule has 5 N–H and O–H groups in total. The number of nitrogens with one attached hydrogen (secondary N) is 1. The second kappa shape index (κ2) is 5.71. The minimum atomic E-state index is -0.584. The van der Waals surface area contributed by atoms with E-state index in [0.29, 0.717) is 17.1 Å². The fourth-order valence-electron chi connectivity index (χ4n) is 1.32. The van der Waals surface area contributed by atoms with Gasteiger partial charge in [-0.25, -0.2) is 5.84 Å². The maximum atomic E-state index is 11.4. The number of ether oxygens (including phenoxy) is 2. The van der Waals surface area contributed by atoms with Crippen LogP contribution < -0.4 is 26.6 Å². The van der Waals surface area contributed by atoms with E-state index in [2.05, 4.69) is 5.10 Å². The summed E-state index contributed by atoms with van der Waals surface area (Å²) in [5, 5.41) is 3.39. The molecule has 92 valence electrons. The number of methoxy groups -OCH3 is 2. The number of nitrogens with zero attached hydrogens (tertiary/aromatic N) is 1. The molecule has 1 amide bonds. The van der Waals surface area contributed by atoms with Crippen molar-refractivity contribution in [1.82, 2.24) is 5.43 Å². The Morgan fingerprint density at radius 1 is 1.29 bits per heavy atom. The number of rotatable bonds is 4. The number of amides is 1. The highest BCUT2D eigenvalue weighted by Crippen LogP contribution is 2.27. The van der Waals surface area contributed by atoms with Gasteiger partial charge in [0.1, 0.15) is 0 Å². The zero-order valence-electron chi connectivity index (χ0n) is 9.56. The van der Waals surface area contributed by atoms with Crippen LogP contribution in [-0.4, -0.2) is 25.8 Å². The first-order valence-corrected chi connectivity index (χ1v) is 4.69. The van der Waals surface area contributed by atoms with Gasteiger partial charge in [-0.2, -0.15) is 5.10 Å². The third kappa shape index (κ3) is 2.64. The molecule has 1 rings (SSSR count). The average molecular weight is 238 g/mol. The predicted octanol–water partition coefficient (Wildman–Crippen LogP) is -0.643. The molecule has 1 aromatic rings. The SMILES string of the molecule is COc1ccc(/C(=N\N)C(=O)NN)cc1OC. The Bertz CT molecular complexity index is 445. The summed E-state index contributed by atoms with van der Waals surface area (Å²) in [5.74, 6) is 10.6. The Balaban J connectivity index is 3.19. The van der Waals surface area contributed by atoms with Crippen molar-refractivity contribution >= 4 is 11.6 Å². The van der Waals surface area contributed by atoms with Crippen molar-refractivity contribution in [2.45, 2.75) is 0 Å². The molecule has 0 atom stereocenters. The number of hydrogen-bond donors (Lipinski definition) is 3. The lowest BCUT2D eigenvalue weighted by molar-refractivity contribution is -0.114. The van der Waals surface area contributed by atoms with Gasteiger partial charge < -0.3 is 15.3 Å². The smallest absolute Gasteiger partial charge is 0.286 e. The molecule has 0 aliphatic rings. The molecular weight excluding hydrogens is 224 g/mol. The number of hydrazone groups is 1. The van der Waals surface area contributed by atoms with Crippen LogP contribution in [0.1, 0.15) is 5.56 Å². The van der Waals surface area contributed by atoms with Crippen LogP contribution in [0.5, 0.6) is 11.5 Å². The molecule has 0 saturated heterocycles. The number of hydrogen-bond acceptors (Lipinski definition) is 6. The summed E-state index contributed by atoms with van der Waals surface area (Å²) in [5.41, 5.74) is 2.45. The predicted molar refractivity (Wildman–Crippen MR) is 62.6 cm³/mol. The molecule has 0 bridgehead atoms. The molecule has 0 unspecified atom stereocenters. The monoisotopic (exact) mass is 238 g/mol. The second-order valence-electron chi connectivity index (χ2n) is 3.02. The van der Waals surface area contributed by atoms with Crippen molar-refractivity contribution in [2.24, 2.45) is 16.8 Å². The van der Waals surface area contributed by atoms with E-state index in [9.17, 15) is 4.79 Å². The van der Waals surface area contributed by atoms with Crippen molar-refractivity contribution in [2.75, 3.05) is 14.2 Å². The average Bonchev–Trinajstić information content (AvgIpc) is 2.38. The highest BCUT2D eigenvalue weighted by atomic mass is 16.5. The Labute approximate surface area is 98.3 Å². The lowest BCUT2D eigenvalue weighted by Gasteiger charge is -2.09. The van der Waals surface area contributed by atoms with Gasteiger partial charge in [-0.3, -0.25) is 10.2 Å². The third-order valence-electron chi connectivity index (χ3n) is 2.13. The summed E-state index contributed by atoms with van der Waals surface area (Å²) in [4.78, 5) is 11.4. The van der Waals surface area contributed by atoms with Crippen LogP contribution in [0, 0.1) is 0 Å². The summed E-state index contributed by atoms with van der Waals surface area (Å²) >= 11 is 0. The van der Waals surface area contributed by atoms with Crippen molar-refractivity contribution in [3.63, 3.8) is 0 Å². The van der Waals surface area contributed by atoms with Crippen molar-refractivity contribution in [3.8, 4) is 11.5 Å². The van der Waals surface area contributed by atoms with Crippen molar-refractivity contribution in [1.29, 1.82) is 0 Å². The number of hydrazine groups is 1. The van der Waals surface area contributed by atoms with Gasteiger partial charge in [-0.1, -0.05) is 0 Å². The van der Waals surface area contributed by atoms with E-state index in [1.807, 2.05) is 5.43 Å². The summed E-state index contributed by atoms with van der Waals surface area (Å²) in [6, 6.07) is 4.85. The summed E-state index contributed by atoms with van der Waals surface area (Å²) in [6.07, 6.45) is 0. The van der Waals surface area contributed by atoms with Gasteiger partial charge in [0.05, 0.1) is 14.2 Å². The molecule has 0 aliphatic carbocycles. The Morgan fingerprint density at radius 3 is 2.41 bits per heavy atom. The van der Waals surface area contributed by atoms with Crippen LogP contribution in [0.2, 0.25) is 0 Å². The number of carbonyl (C=O) groups is 1. The molecule has 1 aromatic carbocycles. The first kappa shape index (κ1) is 12.8. The summed E-state index contributed by atoms with van der Waals surface area (Å²) in [7, 11) is 3.01. The zero-order chi connectivity index (χ0) is 12.8. The van der Waals surface area contributed by atoms with E-state index in [0.717, 1.165) is 0 Å². The molecule has 0 heterocycles. The van der Waals surface area contributed by atoms with E-state index >= 15 is 0 Å². The highest BCUT2D eigenvalue weighted by Gasteiger charge is 2.15. The first-order valence-electron chi connectivity index (χ1n) is 4.69. The van der Waals surface area contributed by atoms with Crippen molar-refractivity contribution < 1.29 is 14.3 Å². The minimum Gasteiger partial charge on any atom is -0.493 e. The van der Waals surface area contributed by atoms with E-state index in [-0.39, 0.29) is 5.71 Å². The Hall–Kier alpha value is -2.28. The fourth-order valence-corrected chi connectivity index (χ4v) is 1.32. The normalized spacial score (nSPS) is 10.9. The largest absolute Gasteiger partial charge is 0.493 e. The van der Waals surface area contributed by atoms with Gasteiger partial charge in [0, 0.05) is 5.56 Å². The molecule has 0 spiro atoms. The quantitative estimate of drug-likeness (QED) is 0.279. The van der Waals surface area contributed by atoms with Gasteiger partial charge in [-0.15, -0.1) is 0 Å². The number of benzene rings is 1. The molecule has 7 nitrogen and oxygen atoms in total. The van der Waals surface area contributed by atoms with E-state index in [1.54, 1.807) is 18.2 Å². The fraction of sp³-hybridized carbons (Fsp3) is 0.200. The van der Waals surface area contributed by atoms with E-state index in [4.69, 9.17) is 21.2 Å².